The summed E-state index contributed by atoms with van der Waals surface area (Å²) in [5.74, 6) is -4.06. The highest BCUT2D eigenvalue weighted by Crippen LogP contribution is 2.31. The minimum absolute atomic E-state index is 0.111. The second-order valence-electron chi connectivity index (χ2n) is 8.43. The summed E-state index contributed by atoms with van der Waals surface area (Å²) < 4.78 is 70.2. The summed E-state index contributed by atoms with van der Waals surface area (Å²) in [4.78, 5) is 51.7. The highest BCUT2D eigenvalue weighted by Gasteiger charge is 2.49. The molecular formula is C19H29F3N4O11S. The molecule has 15 nitrogen and oxygen atoms in total. The summed E-state index contributed by atoms with van der Waals surface area (Å²) in [6.45, 7) is -0.395. The molecule has 2 saturated heterocycles. The van der Waals surface area contributed by atoms with E-state index < -0.39 is 59.3 Å². The van der Waals surface area contributed by atoms with Gasteiger partial charge in [0.15, 0.2) is 0 Å². The van der Waals surface area contributed by atoms with Crippen molar-refractivity contribution in [2.75, 3.05) is 26.5 Å². The number of urea groups is 1. The summed E-state index contributed by atoms with van der Waals surface area (Å²) >= 11 is 0. The van der Waals surface area contributed by atoms with Gasteiger partial charge in [0.05, 0.1) is 18.6 Å². The highest BCUT2D eigenvalue weighted by atomic mass is 32.3. The number of esters is 1. The standard InChI is InChI=1S/C17H28N4O9S.C2HF3O2/c18-8-9-28-19-15(22)14-7-6-13-10-20(14)17(24)21(13)30-31(25,26)29-11-27-16(23)12-4-2-1-3-5-12;3-2(4,5)1(6)7/h12-14H,1-11,18H2,(H,19,22);(H,6,7)/t13-,14+;/m1./s1. The van der Waals surface area contributed by atoms with E-state index >= 15 is 0 Å². The Morgan fingerprint density at radius 3 is 2.32 bits per heavy atom. The maximum Gasteiger partial charge on any atom is 0.490 e. The number of fused-ring (bicyclic) bond motifs is 2. The van der Waals surface area contributed by atoms with Crippen LogP contribution in [0.2, 0.25) is 0 Å². The number of amides is 3. The maximum atomic E-state index is 12.6. The Kier molecular flexibility index (Phi) is 11.5. The number of nitrogens with zero attached hydrogens (tertiary/aromatic N) is 2. The SMILES string of the molecule is NCCONC(=O)[C@@H]1CC[C@@H]2CN1C(=O)N2OS(=O)(=O)OCOC(=O)C1CCCCC1.O=C(O)C(F)(F)F. The number of carboxylic acid groups (broad SMARTS) is 1. The first-order chi connectivity index (χ1) is 17.8. The van der Waals surface area contributed by atoms with Crippen LogP contribution in [0.15, 0.2) is 0 Å². The number of aliphatic carboxylic acids is 1. The Bertz CT molecular complexity index is 960. The van der Waals surface area contributed by atoms with Crippen molar-refractivity contribution in [2.45, 2.75) is 63.2 Å². The molecule has 0 aromatic rings. The van der Waals surface area contributed by atoms with Gasteiger partial charge in [0.2, 0.25) is 6.79 Å². The average Bonchev–Trinajstić information content (AvgIpc) is 3.08. The van der Waals surface area contributed by atoms with Gasteiger partial charge >= 0.3 is 34.5 Å². The zero-order valence-corrected chi connectivity index (χ0v) is 20.9. The van der Waals surface area contributed by atoms with E-state index in [0.717, 1.165) is 19.3 Å². The summed E-state index contributed by atoms with van der Waals surface area (Å²) in [7, 11) is -4.66. The molecule has 2 atom stereocenters. The van der Waals surface area contributed by atoms with Crippen molar-refractivity contribution in [1.82, 2.24) is 15.4 Å². The van der Waals surface area contributed by atoms with Gasteiger partial charge in [-0.1, -0.05) is 19.3 Å². The minimum atomic E-state index is -5.08. The van der Waals surface area contributed by atoms with E-state index in [1.165, 1.54) is 4.90 Å². The van der Waals surface area contributed by atoms with Crippen molar-refractivity contribution in [2.24, 2.45) is 11.7 Å². The first-order valence-corrected chi connectivity index (χ1v) is 12.9. The summed E-state index contributed by atoms with van der Waals surface area (Å²) in [5.41, 5.74) is 7.50. The molecule has 2 heterocycles. The van der Waals surface area contributed by atoms with E-state index in [0.29, 0.717) is 30.7 Å². The fourth-order valence-electron chi connectivity index (χ4n) is 3.97. The Morgan fingerprint density at radius 2 is 1.74 bits per heavy atom. The first-order valence-electron chi connectivity index (χ1n) is 11.5. The maximum absolute atomic E-state index is 12.6. The molecule has 0 unspecified atom stereocenters. The van der Waals surface area contributed by atoms with Gasteiger partial charge in [0.25, 0.3) is 5.91 Å². The molecule has 19 heteroatoms. The molecule has 2 aliphatic heterocycles. The van der Waals surface area contributed by atoms with Crippen LogP contribution in [-0.4, -0.2) is 92.1 Å². The van der Waals surface area contributed by atoms with Gasteiger partial charge in [-0.15, -0.1) is 4.28 Å². The van der Waals surface area contributed by atoms with Crippen molar-refractivity contribution in [3.8, 4) is 0 Å². The normalized spacial score (nSPS) is 21.9. The van der Waals surface area contributed by atoms with Crippen LogP contribution in [0.5, 0.6) is 0 Å². The predicted molar refractivity (Wildman–Crippen MR) is 116 cm³/mol. The fraction of sp³-hybridized carbons (Fsp3) is 0.789. The van der Waals surface area contributed by atoms with Crippen molar-refractivity contribution >= 4 is 34.3 Å². The number of alkyl halides is 3. The summed E-state index contributed by atoms with van der Waals surface area (Å²) in [5, 5.41) is 7.80. The molecule has 0 radical (unpaired) electrons. The number of nitrogens with one attached hydrogen (secondary N) is 1. The number of piperidine rings is 1. The number of carbonyl (C=O) groups excluding carboxylic acids is 3. The molecule has 3 amide bonds. The predicted octanol–water partition coefficient (Wildman–Crippen LogP) is 0.169. The molecule has 4 N–H and O–H groups in total. The molecule has 218 valence electrons. The van der Waals surface area contributed by atoms with E-state index in [-0.39, 0.29) is 25.6 Å². The zero-order valence-electron chi connectivity index (χ0n) is 20.1. The van der Waals surface area contributed by atoms with Gasteiger partial charge in [-0.05, 0) is 25.7 Å². The van der Waals surface area contributed by atoms with E-state index in [9.17, 15) is 36.0 Å². The van der Waals surface area contributed by atoms with Gasteiger partial charge in [-0.3, -0.25) is 14.4 Å². The molecule has 0 aromatic heterocycles. The number of carbonyl (C=O) groups is 4. The molecule has 0 aromatic carbocycles. The monoisotopic (exact) mass is 578 g/mol. The molecule has 1 saturated carbocycles. The Hall–Kier alpha value is -2.74. The van der Waals surface area contributed by atoms with E-state index in [2.05, 4.69) is 9.66 Å². The Labute approximate surface area is 215 Å². The Morgan fingerprint density at radius 1 is 1.11 bits per heavy atom. The second-order valence-corrected chi connectivity index (χ2v) is 9.63. The van der Waals surface area contributed by atoms with Crippen LogP contribution in [-0.2, 0) is 42.8 Å². The van der Waals surface area contributed by atoms with Crippen LogP contribution in [0, 0.1) is 5.92 Å². The van der Waals surface area contributed by atoms with Gasteiger partial charge in [-0.25, -0.2) is 19.3 Å². The third-order valence-electron chi connectivity index (χ3n) is 5.76. The molecule has 0 spiro atoms. The lowest BCUT2D eigenvalue weighted by Gasteiger charge is -2.28. The number of nitrogens with two attached hydrogens (primary N) is 1. The molecule has 3 fully saturated rings. The molecule has 3 rings (SSSR count). The number of carboxylic acids is 1. The number of ether oxygens (including phenoxy) is 1. The summed E-state index contributed by atoms with van der Waals surface area (Å²) in [6.07, 6.45) is -0.128. The van der Waals surface area contributed by atoms with E-state index in [4.69, 9.17) is 29.5 Å². The van der Waals surface area contributed by atoms with Crippen molar-refractivity contribution < 1.29 is 63.9 Å². The number of hydrogen-bond donors (Lipinski definition) is 3. The van der Waals surface area contributed by atoms with Crippen LogP contribution in [0.3, 0.4) is 0 Å². The van der Waals surface area contributed by atoms with Crippen molar-refractivity contribution in [1.29, 1.82) is 0 Å². The van der Waals surface area contributed by atoms with Gasteiger partial charge in [-0.2, -0.15) is 26.7 Å². The number of rotatable bonds is 10. The lowest BCUT2D eigenvalue weighted by Crippen LogP contribution is -2.50. The van der Waals surface area contributed by atoms with Crippen LogP contribution >= 0.6 is 0 Å². The van der Waals surface area contributed by atoms with Crippen molar-refractivity contribution in [3.63, 3.8) is 0 Å². The summed E-state index contributed by atoms with van der Waals surface area (Å²) in [6, 6.07) is -2.17. The van der Waals surface area contributed by atoms with Crippen LogP contribution in [0.25, 0.3) is 0 Å². The highest BCUT2D eigenvalue weighted by molar-refractivity contribution is 7.81. The number of hydrogen-bond acceptors (Lipinski definition) is 11. The molecule has 3 aliphatic rings. The van der Waals surface area contributed by atoms with E-state index in [1.807, 2.05) is 0 Å². The first kappa shape index (κ1) is 31.5. The third-order valence-corrected chi connectivity index (χ3v) is 6.49. The van der Waals surface area contributed by atoms with Gasteiger partial charge < -0.3 is 20.5 Å². The third kappa shape index (κ3) is 9.22. The fourth-order valence-corrected chi connectivity index (χ4v) is 4.56. The molecule has 2 bridgehead atoms. The topological polar surface area (TPSA) is 204 Å². The van der Waals surface area contributed by atoms with Crippen LogP contribution < -0.4 is 11.2 Å². The molecule has 38 heavy (non-hydrogen) atoms. The quantitative estimate of drug-likeness (QED) is 0.137. The van der Waals surface area contributed by atoms with Crippen LogP contribution in [0.1, 0.15) is 44.9 Å². The second kappa shape index (κ2) is 13.9. The largest absolute Gasteiger partial charge is 0.490 e. The number of hydroxylamine groups is 3. The molecule has 1 aliphatic carbocycles. The molecular weight excluding hydrogens is 549 g/mol. The lowest BCUT2D eigenvalue weighted by atomic mass is 9.89. The average molecular weight is 579 g/mol. The van der Waals surface area contributed by atoms with Gasteiger partial charge in [0.1, 0.15) is 6.04 Å². The zero-order chi connectivity index (χ0) is 28.5. The van der Waals surface area contributed by atoms with E-state index in [1.54, 1.807) is 0 Å². The smallest absolute Gasteiger partial charge is 0.475 e. The van der Waals surface area contributed by atoms with Crippen LogP contribution in [0.4, 0.5) is 18.0 Å². The van der Waals surface area contributed by atoms with Gasteiger partial charge in [0, 0.05) is 13.1 Å². The lowest BCUT2D eigenvalue weighted by molar-refractivity contribution is -0.192. The van der Waals surface area contributed by atoms with Crippen molar-refractivity contribution in [3.05, 3.63) is 0 Å². The Balaban J connectivity index is 0.000000638. The number of halogens is 3. The minimum Gasteiger partial charge on any atom is -0.475 e.